The first-order chi connectivity index (χ1) is 11.1. The molecule has 0 unspecified atom stereocenters. The van der Waals surface area contributed by atoms with Crippen molar-refractivity contribution in [2.24, 2.45) is 0 Å². The molecule has 0 saturated carbocycles. The summed E-state index contributed by atoms with van der Waals surface area (Å²) in [6, 6.07) is 26.8. The van der Waals surface area contributed by atoms with Gasteiger partial charge in [-0.2, -0.15) is 0 Å². The zero-order chi connectivity index (χ0) is 16.5. The molecule has 0 fully saturated rings. The lowest BCUT2D eigenvalue weighted by molar-refractivity contribution is 0.101. The van der Waals surface area contributed by atoms with Gasteiger partial charge in [-0.15, -0.1) is 0 Å². The van der Waals surface area contributed by atoms with Crippen molar-refractivity contribution >= 4 is 21.7 Å². The van der Waals surface area contributed by atoms with Gasteiger partial charge in [0.1, 0.15) is 11.5 Å². The number of Topliss-reactive ketones (excluding diaryl/α,β-unsaturated/α-hetero) is 1. The van der Waals surface area contributed by atoms with Crippen molar-refractivity contribution in [3.8, 4) is 11.5 Å². The van der Waals surface area contributed by atoms with E-state index in [9.17, 15) is 4.79 Å². The average molecular weight is 369 g/mol. The van der Waals surface area contributed by atoms with E-state index in [1.165, 1.54) is 0 Å². The highest BCUT2D eigenvalue weighted by molar-refractivity contribution is 9.10. The van der Waals surface area contributed by atoms with Crippen LogP contribution >= 0.6 is 15.9 Å². The summed E-state index contributed by atoms with van der Waals surface area (Å²) in [5.41, 5.74) is 0.753. The van der Waals surface area contributed by atoms with E-state index < -0.39 is 0 Å². The average Bonchev–Trinajstić information content (AvgIpc) is 2.58. The first kappa shape index (κ1) is 17.0. The number of para-hydroxylation sites is 2. The highest BCUT2D eigenvalue weighted by Gasteiger charge is 1.95. The van der Waals surface area contributed by atoms with Crippen molar-refractivity contribution < 1.29 is 9.53 Å². The summed E-state index contributed by atoms with van der Waals surface area (Å²) in [7, 11) is 0. The lowest BCUT2D eigenvalue weighted by Crippen LogP contribution is -1.89. The van der Waals surface area contributed by atoms with Gasteiger partial charge in [-0.1, -0.05) is 64.5 Å². The summed E-state index contributed by atoms with van der Waals surface area (Å²) in [6.07, 6.45) is 0. The van der Waals surface area contributed by atoms with Gasteiger partial charge in [0.15, 0.2) is 5.78 Å². The van der Waals surface area contributed by atoms with Gasteiger partial charge in [0.25, 0.3) is 0 Å². The largest absolute Gasteiger partial charge is 0.457 e. The van der Waals surface area contributed by atoms with E-state index in [1.807, 2.05) is 72.8 Å². The zero-order valence-corrected chi connectivity index (χ0v) is 14.4. The van der Waals surface area contributed by atoms with Gasteiger partial charge in [0.2, 0.25) is 0 Å². The summed E-state index contributed by atoms with van der Waals surface area (Å²) >= 11 is 3.28. The Kier molecular flexibility index (Phi) is 6.57. The molecule has 0 aromatic heterocycles. The molecular weight excluding hydrogens is 352 g/mol. The van der Waals surface area contributed by atoms with Gasteiger partial charge >= 0.3 is 0 Å². The van der Waals surface area contributed by atoms with E-state index in [-0.39, 0.29) is 5.78 Å². The molecular formula is C20H17BrO2. The molecule has 0 heterocycles. The minimum Gasteiger partial charge on any atom is -0.457 e. The molecule has 0 radical (unpaired) electrons. The van der Waals surface area contributed by atoms with Gasteiger partial charge in [-0.3, -0.25) is 4.79 Å². The third-order valence-corrected chi connectivity index (χ3v) is 3.50. The van der Waals surface area contributed by atoms with E-state index in [1.54, 1.807) is 19.1 Å². The van der Waals surface area contributed by atoms with Crippen LogP contribution < -0.4 is 4.74 Å². The number of halogens is 1. The Balaban J connectivity index is 0.000000174. The molecule has 0 bridgehead atoms. The highest BCUT2D eigenvalue weighted by Crippen LogP contribution is 2.19. The lowest BCUT2D eigenvalue weighted by Gasteiger charge is -2.03. The summed E-state index contributed by atoms with van der Waals surface area (Å²) in [5, 5.41) is 0. The Morgan fingerprint density at radius 1 is 0.739 bits per heavy atom. The Morgan fingerprint density at radius 2 is 1.17 bits per heavy atom. The summed E-state index contributed by atoms with van der Waals surface area (Å²) in [6.45, 7) is 1.56. The van der Waals surface area contributed by atoms with Crippen molar-refractivity contribution in [3.63, 3.8) is 0 Å². The smallest absolute Gasteiger partial charge is 0.159 e. The van der Waals surface area contributed by atoms with Gasteiger partial charge in [0.05, 0.1) is 0 Å². The van der Waals surface area contributed by atoms with Crippen molar-refractivity contribution in [1.29, 1.82) is 0 Å². The Hall–Kier alpha value is -2.39. The molecule has 0 amide bonds. The number of carbonyl (C=O) groups is 1. The fourth-order valence-corrected chi connectivity index (χ4v) is 2.06. The molecule has 0 spiro atoms. The molecule has 3 aromatic rings. The monoisotopic (exact) mass is 368 g/mol. The lowest BCUT2D eigenvalue weighted by atomic mass is 10.2. The summed E-state index contributed by atoms with van der Waals surface area (Å²) in [5.74, 6) is 1.84. The van der Waals surface area contributed by atoms with Crippen molar-refractivity contribution in [2.45, 2.75) is 6.92 Å². The Labute approximate surface area is 144 Å². The zero-order valence-electron chi connectivity index (χ0n) is 12.8. The highest BCUT2D eigenvalue weighted by atomic mass is 79.9. The third kappa shape index (κ3) is 6.09. The normalized spacial score (nSPS) is 9.48. The fraction of sp³-hybridized carbons (Fsp3) is 0.0500. The van der Waals surface area contributed by atoms with Crippen LogP contribution in [-0.2, 0) is 0 Å². The van der Waals surface area contributed by atoms with Crippen LogP contribution in [0.15, 0.2) is 89.4 Å². The molecule has 0 aliphatic rings. The predicted molar refractivity (Wildman–Crippen MR) is 97.1 cm³/mol. The molecule has 3 aromatic carbocycles. The maximum Gasteiger partial charge on any atom is 0.159 e. The first-order valence-corrected chi connectivity index (χ1v) is 7.99. The van der Waals surface area contributed by atoms with Crippen LogP contribution in [0.5, 0.6) is 11.5 Å². The number of ketones is 1. The predicted octanol–water partition coefficient (Wildman–Crippen LogP) is 6.13. The molecule has 116 valence electrons. The van der Waals surface area contributed by atoms with E-state index in [0.29, 0.717) is 0 Å². The first-order valence-electron chi connectivity index (χ1n) is 7.19. The number of carbonyl (C=O) groups excluding carboxylic acids is 1. The Bertz CT molecular complexity index is 685. The maximum atomic E-state index is 10.7. The number of hydrogen-bond donors (Lipinski definition) is 0. The van der Waals surface area contributed by atoms with Crippen LogP contribution in [0, 0.1) is 0 Å². The van der Waals surface area contributed by atoms with E-state index in [0.717, 1.165) is 21.5 Å². The summed E-state index contributed by atoms with van der Waals surface area (Å²) < 4.78 is 6.58. The standard InChI is InChI=1S/C12H10O.C8H7BrO/c1-3-7-11(8-4-1)13-12-9-5-2-6-10-12;1-6(10)7-2-4-8(9)5-3-7/h1-10H;2-5H,1H3. The van der Waals surface area contributed by atoms with E-state index >= 15 is 0 Å². The topological polar surface area (TPSA) is 26.3 Å². The van der Waals surface area contributed by atoms with Crippen LogP contribution in [0.4, 0.5) is 0 Å². The molecule has 3 heteroatoms. The molecule has 23 heavy (non-hydrogen) atoms. The van der Waals surface area contributed by atoms with Crippen molar-refractivity contribution in [3.05, 3.63) is 95.0 Å². The Morgan fingerprint density at radius 3 is 1.57 bits per heavy atom. The molecule has 3 rings (SSSR count). The van der Waals surface area contributed by atoms with Crippen LogP contribution in [0.25, 0.3) is 0 Å². The van der Waals surface area contributed by atoms with Crippen LogP contribution in [0.3, 0.4) is 0 Å². The number of hydrogen-bond acceptors (Lipinski definition) is 2. The van der Waals surface area contributed by atoms with Crippen LogP contribution in [0.2, 0.25) is 0 Å². The second kappa shape index (κ2) is 8.91. The minimum absolute atomic E-state index is 0.104. The third-order valence-electron chi connectivity index (χ3n) is 2.97. The molecule has 0 saturated heterocycles. The van der Waals surface area contributed by atoms with E-state index in [4.69, 9.17) is 4.74 Å². The summed E-state index contributed by atoms with van der Waals surface area (Å²) in [4.78, 5) is 10.7. The number of benzene rings is 3. The molecule has 0 aliphatic carbocycles. The maximum absolute atomic E-state index is 10.7. The minimum atomic E-state index is 0.104. The van der Waals surface area contributed by atoms with Gasteiger partial charge in [-0.05, 0) is 43.3 Å². The number of ether oxygens (including phenoxy) is 1. The van der Waals surface area contributed by atoms with Crippen molar-refractivity contribution in [2.75, 3.05) is 0 Å². The van der Waals surface area contributed by atoms with Gasteiger partial charge in [0, 0.05) is 10.0 Å². The second-order valence-electron chi connectivity index (χ2n) is 4.79. The van der Waals surface area contributed by atoms with Crippen molar-refractivity contribution in [1.82, 2.24) is 0 Å². The van der Waals surface area contributed by atoms with E-state index in [2.05, 4.69) is 15.9 Å². The quantitative estimate of drug-likeness (QED) is 0.519. The van der Waals surface area contributed by atoms with Crippen LogP contribution in [0.1, 0.15) is 17.3 Å². The molecule has 0 aliphatic heterocycles. The van der Waals surface area contributed by atoms with Gasteiger partial charge in [-0.25, -0.2) is 0 Å². The number of rotatable bonds is 3. The van der Waals surface area contributed by atoms with Crippen LogP contribution in [-0.4, -0.2) is 5.78 Å². The molecule has 2 nitrogen and oxygen atoms in total. The fourth-order valence-electron chi connectivity index (χ4n) is 1.80. The van der Waals surface area contributed by atoms with Gasteiger partial charge < -0.3 is 4.74 Å². The SMILES string of the molecule is CC(=O)c1ccc(Br)cc1.c1ccc(Oc2ccccc2)cc1. The second-order valence-corrected chi connectivity index (χ2v) is 5.71. The molecule has 0 atom stereocenters. The molecule has 0 N–H and O–H groups in total.